The van der Waals surface area contributed by atoms with Gasteiger partial charge in [-0.2, -0.15) is 0 Å². The molecule has 1 unspecified atom stereocenters. The molecule has 0 radical (unpaired) electrons. The van der Waals surface area contributed by atoms with Gasteiger partial charge in [-0.1, -0.05) is 38.7 Å². The minimum absolute atomic E-state index is 0.184. The van der Waals surface area contributed by atoms with Gasteiger partial charge in [0.05, 0.1) is 30.9 Å². The van der Waals surface area contributed by atoms with Crippen LogP contribution in [0.4, 0.5) is 5.69 Å². The van der Waals surface area contributed by atoms with Crippen LogP contribution in [0.3, 0.4) is 0 Å². The van der Waals surface area contributed by atoms with Gasteiger partial charge in [-0.25, -0.2) is 4.79 Å². The van der Waals surface area contributed by atoms with Crippen molar-refractivity contribution < 1.29 is 37.8 Å². The summed E-state index contributed by atoms with van der Waals surface area (Å²) in [6.45, 7) is 7.70. The molecule has 0 aliphatic heterocycles. The number of carbonyl (C=O) groups is 4. The average molecular weight is 669 g/mol. The van der Waals surface area contributed by atoms with Crippen LogP contribution in [-0.4, -0.2) is 43.3 Å². The van der Waals surface area contributed by atoms with Crippen molar-refractivity contribution in [2.24, 2.45) is 0 Å². The van der Waals surface area contributed by atoms with Crippen LogP contribution in [0.2, 0.25) is 0 Å². The molecule has 0 spiro atoms. The van der Waals surface area contributed by atoms with E-state index in [0.717, 1.165) is 12.8 Å². The van der Waals surface area contributed by atoms with E-state index in [4.69, 9.17) is 18.6 Å². The smallest absolute Gasteiger partial charge is 0.343 e. The van der Waals surface area contributed by atoms with Gasteiger partial charge >= 0.3 is 5.97 Å². The maximum atomic E-state index is 13.1. The summed E-state index contributed by atoms with van der Waals surface area (Å²) < 4.78 is 22.3. The van der Waals surface area contributed by atoms with Gasteiger partial charge in [0, 0.05) is 11.3 Å². The highest BCUT2D eigenvalue weighted by Gasteiger charge is 2.21. The van der Waals surface area contributed by atoms with E-state index >= 15 is 0 Å². The molecule has 0 aliphatic rings. The Morgan fingerprint density at radius 2 is 1.49 bits per heavy atom. The quantitative estimate of drug-likeness (QED) is 0.0666. The summed E-state index contributed by atoms with van der Waals surface area (Å²) in [6, 6.07) is 19.0. The Balaban J connectivity index is 1.32. The van der Waals surface area contributed by atoms with Crippen LogP contribution in [0.1, 0.15) is 94.1 Å². The van der Waals surface area contributed by atoms with Crippen LogP contribution in [-0.2, 0) is 11.2 Å². The molecule has 49 heavy (non-hydrogen) atoms. The number of esters is 1. The lowest BCUT2D eigenvalue weighted by Gasteiger charge is -2.17. The van der Waals surface area contributed by atoms with Crippen molar-refractivity contribution in [1.29, 1.82) is 0 Å². The summed E-state index contributed by atoms with van der Waals surface area (Å²) in [4.78, 5) is 51.1. The highest BCUT2D eigenvalue weighted by atomic mass is 16.6. The molecule has 0 fully saturated rings. The lowest BCUT2D eigenvalue weighted by atomic mass is 10.0. The highest BCUT2D eigenvalue weighted by molar-refractivity contribution is 6.05. The first kappa shape index (κ1) is 36.5. The van der Waals surface area contributed by atoms with Crippen molar-refractivity contribution in [2.75, 3.05) is 19.0 Å². The first-order valence-corrected chi connectivity index (χ1v) is 16.5. The number of ketones is 1. The number of amides is 2. The number of Topliss-reactive ketones (excluding diaryl/α,β-unsaturated/α-hetero) is 1. The van der Waals surface area contributed by atoms with Gasteiger partial charge in [0.15, 0.2) is 17.3 Å². The van der Waals surface area contributed by atoms with Crippen LogP contribution in [0.5, 0.6) is 17.2 Å². The number of benzene rings is 3. The third kappa shape index (κ3) is 10.6. The molecular weight excluding hydrogens is 624 g/mol. The largest absolute Gasteiger partial charge is 0.494 e. The monoisotopic (exact) mass is 668 g/mol. The van der Waals surface area contributed by atoms with Crippen molar-refractivity contribution >= 4 is 29.3 Å². The second-order valence-electron chi connectivity index (χ2n) is 11.9. The van der Waals surface area contributed by atoms with E-state index in [1.165, 1.54) is 33.3 Å². The number of anilines is 1. The summed E-state index contributed by atoms with van der Waals surface area (Å²) in [5, 5.41) is 5.58. The van der Waals surface area contributed by atoms with Crippen molar-refractivity contribution in [3.8, 4) is 17.2 Å². The van der Waals surface area contributed by atoms with Crippen molar-refractivity contribution in [3.63, 3.8) is 0 Å². The van der Waals surface area contributed by atoms with Crippen LogP contribution in [0.25, 0.3) is 0 Å². The number of hydrogen-bond donors (Lipinski definition) is 2. The Kier molecular flexibility index (Phi) is 13.2. The number of methoxy groups -OCH3 is 1. The lowest BCUT2D eigenvalue weighted by Crippen LogP contribution is -2.41. The maximum absolute atomic E-state index is 13.1. The Labute approximate surface area is 287 Å². The van der Waals surface area contributed by atoms with Crippen LogP contribution in [0, 0.1) is 13.8 Å². The summed E-state index contributed by atoms with van der Waals surface area (Å²) in [5.74, 6) is 0.826. The first-order valence-electron chi connectivity index (χ1n) is 16.5. The Bertz CT molecular complexity index is 1740. The topological polar surface area (TPSA) is 133 Å². The summed E-state index contributed by atoms with van der Waals surface area (Å²) in [7, 11) is 1.46. The minimum Gasteiger partial charge on any atom is -0.494 e. The van der Waals surface area contributed by atoms with Crippen molar-refractivity contribution in [3.05, 3.63) is 107 Å². The molecule has 0 aliphatic carbocycles. The summed E-state index contributed by atoms with van der Waals surface area (Å²) in [6.07, 6.45) is 5.94. The zero-order chi connectivity index (χ0) is 35.3. The van der Waals surface area contributed by atoms with Crippen molar-refractivity contribution in [1.82, 2.24) is 5.32 Å². The van der Waals surface area contributed by atoms with E-state index in [1.807, 2.05) is 0 Å². The molecule has 258 valence electrons. The number of nitrogens with one attached hydrogen (secondary N) is 2. The average Bonchev–Trinajstić information content (AvgIpc) is 3.44. The third-order valence-electron chi connectivity index (χ3n) is 7.96. The number of furan rings is 1. The highest BCUT2D eigenvalue weighted by Crippen LogP contribution is 2.30. The standard InChI is InChI=1S/C39H44N2O8/c1-6-7-8-9-10-21-47-32-18-14-30(15-19-32)39(45)49-35-20-11-28(24-36(35)46-5)23-34(26(3)42)41-37(43)29-12-16-31(17-13-29)40-38(44)33-22-25(2)48-27(33)4/h11-20,22,24,34H,6-10,21,23H2,1-5H3,(H,40,44)(H,41,43). The van der Waals surface area contributed by atoms with Crippen molar-refractivity contribution in [2.45, 2.75) is 72.3 Å². The zero-order valence-electron chi connectivity index (χ0n) is 28.7. The summed E-state index contributed by atoms with van der Waals surface area (Å²) in [5.41, 5.74) is 2.31. The molecule has 1 aromatic heterocycles. The molecule has 1 heterocycles. The molecule has 0 saturated carbocycles. The number of ether oxygens (including phenoxy) is 3. The second-order valence-corrected chi connectivity index (χ2v) is 11.9. The Morgan fingerprint density at radius 3 is 2.12 bits per heavy atom. The fourth-order valence-corrected chi connectivity index (χ4v) is 5.20. The second kappa shape index (κ2) is 17.7. The van der Waals surface area contributed by atoms with Gasteiger partial charge < -0.3 is 29.3 Å². The summed E-state index contributed by atoms with van der Waals surface area (Å²) >= 11 is 0. The molecule has 2 amide bonds. The van der Waals surface area contributed by atoms with E-state index in [2.05, 4.69) is 17.6 Å². The molecule has 0 bridgehead atoms. The SMILES string of the molecule is CCCCCCCOc1ccc(C(=O)Oc2ccc(CC(NC(=O)c3ccc(NC(=O)c4cc(C)oc4C)cc3)C(C)=O)cc2OC)cc1. The number of unbranched alkanes of at least 4 members (excludes halogenated alkanes) is 4. The molecular formula is C39H44N2O8. The molecule has 4 rings (SSSR count). The van der Waals surface area contributed by atoms with E-state index in [9.17, 15) is 19.2 Å². The van der Waals surface area contributed by atoms with Gasteiger partial charge in [-0.15, -0.1) is 0 Å². The normalized spacial score (nSPS) is 11.4. The molecule has 10 heteroatoms. The fourth-order valence-electron chi connectivity index (χ4n) is 5.20. The van der Waals surface area contributed by atoms with Gasteiger partial charge in [0.2, 0.25) is 0 Å². The molecule has 0 saturated heterocycles. The number of carbonyl (C=O) groups excluding carboxylic acids is 4. The van der Waals surface area contributed by atoms with Crippen LogP contribution < -0.4 is 24.8 Å². The van der Waals surface area contributed by atoms with E-state index in [1.54, 1.807) is 86.6 Å². The predicted octanol–water partition coefficient (Wildman–Crippen LogP) is 7.66. The van der Waals surface area contributed by atoms with E-state index in [-0.39, 0.29) is 23.9 Å². The maximum Gasteiger partial charge on any atom is 0.343 e. The molecule has 10 nitrogen and oxygen atoms in total. The molecule has 4 aromatic rings. The van der Waals surface area contributed by atoms with E-state index in [0.29, 0.717) is 57.6 Å². The number of hydrogen-bond acceptors (Lipinski definition) is 8. The first-order chi connectivity index (χ1) is 23.6. The molecule has 1 atom stereocenters. The van der Waals surface area contributed by atoms with Gasteiger partial charge in [-0.3, -0.25) is 14.4 Å². The molecule has 3 aromatic carbocycles. The van der Waals surface area contributed by atoms with Gasteiger partial charge in [0.1, 0.15) is 17.3 Å². The fraction of sp³-hybridized carbons (Fsp3) is 0.333. The van der Waals surface area contributed by atoms with Crippen LogP contribution >= 0.6 is 0 Å². The van der Waals surface area contributed by atoms with Gasteiger partial charge in [0.25, 0.3) is 11.8 Å². The van der Waals surface area contributed by atoms with Gasteiger partial charge in [-0.05, 0) is 106 Å². The van der Waals surface area contributed by atoms with E-state index < -0.39 is 17.9 Å². The molecule has 2 N–H and O–H groups in total. The third-order valence-corrected chi connectivity index (χ3v) is 7.96. The zero-order valence-corrected chi connectivity index (χ0v) is 28.7. The minimum atomic E-state index is -0.825. The number of aryl methyl sites for hydroxylation is 2. The predicted molar refractivity (Wildman–Crippen MR) is 187 cm³/mol. The Hall–Kier alpha value is -5.38. The Morgan fingerprint density at radius 1 is 0.796 bits per heavy atom. The lowest BCUT2D eigenvalue weighted by molar-refractivity contribution is -0.118. The van der Waals surface area contributed by atoms with Crippen LogP contribution in [0.15, 0.2) is 77.2 Å². The number of rotatable bonds is 17.